The summed E-state index contributed by atoms with van der Waals surface area (Å²) in [5.74, 6) is 5.84. The van der Waals surface area contributed by atoms with Crippen LogP contribution in [-0.2, 0) is 0 Å². The molecule has 0 unspecified atom stereocenters. The smallest absolute Gasteiger partial charge is 0.0270 e. The fourth-order valence-corrected chi connectivity index (χ4v) is 0.532. The van der Waals surface area contributed by atoms with E-state index in [4.69, 9.17) is 0 Å². The maximum atomic E-state index is 3.57. The van der Waals surface area contributed by atoms with Gasteiger partial charge in [-0.1, -0.05) is 36.1 Å². The Morgan fingerprint density at radius 2 is 2.18 bits per heavy atom. The van der Waals surface area contributed by atoms with Gasteiger partial charge >= 0.3 is 0 Å². The molecule has 0 aliphatic heterocycles. The van der Waals surface area contributed by atoms with E-state index < -0.39 is 0 Å². The molecule has 0 amide bonds. The van der Waals surface area contributed by atoms with E-state index >= 15 is 0 Å². The van der Waals surface area contributed by atoms with Crippen LogP contribution in [0.3, 0.4) is 0 Å². The van der Waals surface area contributed by atoms with Gasteiger partial charge in [0, 0.05) is 6.42 Å². The van der Waals surface area contributed by atoms with E-state index in [0.29, 0.717) is 0 Å². The molecule has 0 saturated carbocycles. The van der Waals surface area contributed by atoms with Crippen molar-refractivity contribution in [2.75, 3.05) is 0 Å². The second kappa shape index (κ2) is 8.78. The van der Waals surface area contributed by atoms with Crippen molar-refractivity contribution in [3.8, 4) is 11.8 Å². The van der Waals surface area contributed by atoms with Crippen LogP contribution >= 0.6 is 0 Å². The van der Waals surface area contributed by atoms with Crippen LogP contribution in [0.5, 0.6) is 0 Å². The summed E-state index contributed by atoms with van der Waals surface area (Å²) in [4.78, 5) is 0. The highest BCUT2D eigenvalue weighted by Gasteiger charge is 1.65. The van der Waals surface area contributed by atoms with Crippen molar-refractivity contribution >= 4 is 0 Å². The largest absolute Gasteiger partial charge is 0.102 e. The molecule has 0 aromatic heterocycles. The molecule has 58 valence electrons. The quantitative estimate of drug-likeness (QED) is 0.424. The summed E-state index contributed by atoms with van der Waals surface area (Å²) in [5.41, 5.74) is 0. The summed E-state index contributed by atoms with van der Waals surface area (Å²) in [7, 11) is 0. The van der Waals surface area contributed by atoms with Gasteiger partial charge in [-0.2, -0.15) is 0 Å². The van der Waals surface area contributed by atoms with E-state index in [9.17, 15) is 0 Å². The predicted molar refractivity (Wildman–Crippen MR) is 51.2 cm³/mol. The molecule has 0 aliphatic rings. The molecule has 0 atom stereocenters. The van der Waals surface area contributed by atoms with E-state index in [2.05, 4.69) is 24.5 Å². The van der Waals surface area contributed by atoms with Crippen molar-refractivity contribution in [1.29, 1.82) is 0 Å². The summed E-state index contributed by atoms with van der Waals surface area (Å²) in [6.07, 6.45) is 11.6. The van der Waals surface area contributed by atoms with Gasteiger partial charge in [-0.3, -0.25) is 0 Å². The number of hydrogen-bond donors (Lipinski definition) is 0. The molecule has 0 aliphatic carbocycles. The molecule has 0 nitrogen and oxygen atoms in total. The van der Waals surface area contributed by atoms with Gasteiger partial charge in [0.15, 0.2) is 0 Å². The van der Waals surface area contributed by atoms with Crippen LogP contribution in [0.25, 0.3) is 0 Å². The predicted octanol–water partition coefficient (Wildman–Crippen LogP) is 3.09. The van der Waals surface area contributed by atoms with Gasteiger partial charge in [0.1, 0.15) is 0 Å². The lowest BCUT2D eigenvalue weighted by atomic mass is 10.3. The van der Waals surface area contributed by atoms with Crippen LogP contribution in [0.2, 0.25) is 0 Å². The van der Waals surface area contributed by atoms with E-state index in [0.717, 1.165) is 12.8 Å². The van der Waals surface area contributed by atoms with Gasteiger partial charge in [0.25, 0.3) is 0 Å². The van der Waals surface area contributed by atoms with E-state index in [1.807, 2.05) is 25.2 Å². The summed E-state index contributed by atoms with van der Waals surface area (Å²) in [5, 5.41) is 0. The Hall–Kier alpha value is -1.22. The topological polar surface area (TPSA) is 0 Å². The fourth-order valence-electron chi connectivity index (χ4n) is 0.532. The molecular weight excluding hydrogens is 132 g/mol. The minimum absolute atomic E-state index is 0.772. The highest BCUT2D eigenvalue weighted by atomic mass is 13.7. The lowest BCUT2D eigenvalue weighted by Crippen LogP contribution is -1.57. The van der Waals surface area contributed by atoms with Crippen molar-refractivity contribution in [3.63, 3.8) is 0 Å². The Morgan fingerprint density at radius 1 is 1.36 bits per heavy atom. The summed E-state index contributed by atoms with van der Waals surface area (Å²) < 4.78 is 0. The third-order valence-electron chi connectivity index (χ3n) is 1.06. The SMILES string of the molecule is C=CCC#CC=CCC=CC. The molecule has 0 heteroatoms. The van der Waals surface area contributed by atoms with Crippen LogP contribution in [0, 0.1) is 11.8 Å². The van der Waals surface area contributed by atoms with Crippen LogP contribution in [0.4, 0.5) is 0 Å². The number of rotatable bonds is 3. The van der Waals surface area contributed by atoms with Gasteiger partial charge in [-0.05, 0) is 19.4 Å². The molecule has 0 heterocycles. The Balaban J connectivity index is 3.45. The normalized spacial score (nSPS) is 9.91. The maximum Gasteiger partial charge on any atom is 0.0270 e. The van der Waals surface area contributed by atoms with Gasteiger partial charge < -0.3 is 0 Å². The Bertz CT molecular complexity index is 196. The van der Waals surface area contributed by atoms with Gasteiger partial charge in [-0.15, -0.1) is 6.58 Å². The summed E-state index contributed by atoms with van der Waals surface area (Å²) in [6.45, 7) is 5.58. The number of allylic oxidation sites excluding steroid dienone is 5. The molecule has 0 aromatic rings. The molecule has 0 radical (unpaired) electrons. The van der Waals surface area contributed by atoms with E-state index in [1.54, 1.807) is 6.08 Å². The zero-order valence-electron chi connectivity index (χ0n) is 7.01. The monoisotopic (exact) mass is 146 g/mol. The average Bonchev–Trinajstić information content (AvgIpc) is 2.03. The van der Waals surface area contributed by atoms with Crippen molar-refractivity contribution in [2.45, 2.75) is 19.8 Å². The highest BCUT2D eigenvalue weighted by Crippen LogP contribution is 1.84. The van der Waals surface area contributed by atoms with Crippen LogP contribution in [0.1, 0.15) is 19.8 Å². The molecule has 0 spiro atoms. The zero-order chi connectivity index (χ0) is 8.36. The van der Waals surface area contributed by atoms with Gasteiger partial charge in [0.05, 0.1) is 0 Å². The maximum absolute atomic E-state index is 3.57. The zero-order valence-corrected chi connectivity index (χ0v) is 7.01. The third-order valence-corrected chi connectivity index (χ3v) is 1.06. The lowest BCUT2D eigenvalue weighted by molar-refractivity contribution is 1.38. The van der Waals surface area contributed by atoms with Gasteiger partial charge in [-0.25, -0.2) is 0 Å². The number of hydrogen-bond acceptors (Lipinski definition) is 0. The third kappa shape index (κ3) is 8.78. The highest BCUT2D eigenvalue weighted by molar-refractivity contribution is 5.17. The molecule has 0 bridgehead atoms. The standard InChI is InChI=1S/C11H14/c1-3-5-7-9-11-10-8-6-4-2/h3-4,6,10-11H,1,5,8H2,2H3. The Morgan fingerprint density at radius 3 is 2.82 bits per heavy atom. The average molecular weight is 146 g/mol. The van der Waals surface area contributed by atoms with Crippen LogP contribution in [0.15, 0.2) is 37.0 Å². The lowest BCUT2D eigenvalue weighted by Gasteiger charge is -1.75. The van der Waals surface area contributed by atoms with Crippen LogP contribution < -0.4 is 0 Å². The van der Waals surface area contributed by atoms with Gasteiger partial charge in [0.2, 0.25) is 0 Å². The van der Waals surface area contributed by atoms with E-state index in [1.165, 1.54) is 0 Å². The molecule has 0 aromatic carbocycles. The molecular formula is C11H14. The van der Waals surface area contributed by atoms with Crippen molar-refractivity contribution in [3.05, 3.63) is 37.0 Å². The fraction of sp³-hybridized carbons (Fsp3) is 0.273. The minimum atomic E-state index is 0.772. The first-order chi connectivity index (χ1) is 5.41. The van der Waals surface area contributed by atoms with Crippen molar-refractivity contribution < 1.29 is 0 Å². The first kappa shape index (κ1) is 9.78. The summed E-state index contributed by atoms with van der Waals surface area (Å²) in [6, 6.07) is 0. The first-order valence-electron chi connectivity index (χ1n) is 3.77. The molecule has 0 N–H and O–H groups in total. The molecule has 0 saturated heterocycles. The first-order valence-corrected chi connectivity index (χ1v) is 3.77. The minimum Gasteiger partial charge on any atom is -0.102 e. The van der Waals surface area contributed by atoms with Crippen LogP contribution in [-0.4, -0.2) is 0 Å². The van der Waals surface area contributed by atoms with Crippen molar-refractivity contribution in [2.24, 2.45) is 0 Å². The molecule has 0 rings (SSSR count). The second-order valence-electron chi connectivity index (χ2n) is 2.02. The second-order valence-corrected chi connectivity index (χ2v) is 2.02. The van der Waals surface area contributed by atoms with E-state index in [-0.39, 0.29) is 0 Å². The summed E-state index contributed by atoms with van der Waals surface area (Å²) >= 11 is 0. The Kier molecular flexibility index (Phi) is 7.81. The molecule has 0 fully saturated rings. The van der Waals surface area contributed by atoms with Crippen molar-refractivity contribution in [1.82, 2.24) is 0 Å². The molecule has 11 heavy (non-hydrogen) atoms. The Labute approximate surface area is 69.3 Å².